The van der Waals surface area contributed by atoms with Crippen molar-refractivity contribution in [1.29, 1.82) is 0 Å². The van der Waals surface area contributed by atoms with E-state index in [1.807, 2.05) is 18.2 Å². The van der Waals surface area contributed by atoms with Crippen molar-refractivity contribution in [3.05, 3.63) is 41.5 Å². The molecule has 0 saturated heterocycles. The van der Waals surface area contributed by atoms with Crippen molar-refractivity contribution in [3.8, 4) is 0 Å². The van der Waals surface area contributed by atoms with Gasteiger partial charge in [-0.15, -0.1) is 0 Å². The lowest BCUT2D eigenvalue weighted by Crippen LogP contribution is -2.38. The van der Waals surface area contributed by atoms with Gasteiger partial charge in [0.2, 0.25) is 0 Å². The maximum Gasteiger partial charge on any atom is 0.471 e. The molecule has 0 fully saturated rings. The van der Waals surface area contributed by atoms with E-state index in [0.717, 1.165) is 36.4 Å². The highest BCUT2D eigenvalue weighted by Crippen LogP contribution is 2.37. The third-order valence-electron chi connectivity index (χ3n) is 3.76. The third-order valence-corrected chi connectivity index (χ3v) is 3.76. The molecular formula is C15H12F3NO. The lowest BCUT2D eigenvalue weighted by Gasteiger charge is -2.21. The van der Waals surface area contributed by atoms with Crippen molar-refractivity contribution in [3.63, 3.8) is 0 Å². The van der Waals surface area contributed by atoms with Gasteiger partial charge in [-0.25, -0.2) is 0 Å². The summed E-state index contributed by atoms with van der Waals surface area (Å²) in [5.41, 5.74) is 2.56. The highest BCUT2D eigenvalue weighted by molar-refractivity contribution is 6.07. The topological polar surface area (TPSA) is 20.3 Å². The van der Waals surface area contributed by atoms with E-state index in [2.05, 4.69) is 0 Å². The summed E-state index contributed by atoms with van der Waals surface area (Å²) < 4.78 is 37.7. The number of halogens is 3. The van der Waals surface area contributed by atoms with Gasteiger partial charge in [-0.1, -0.05) is 24.3 Å². The Balaban J connectivity index is 2.17. The average Bonchev–Trinajstić information content (AvgIpc) is 2.82. The van der Waals surface area contributed by atoms with Crippen LogP contribution in [-0.4, -0.2) is 19.1 Å². The molecule has 2 aromatic carbocycles. The molecule has 1 aliphatic carbocycles. The van der Waals surface area contributed by atoms with Crippen molar-refractivity contribution in [1.82, 2.24) is 0 Å². The zero-order valence-electron chi connectivity index (χ0n) is 10.8. The number of rotatable bonds is 1. The molecule has 3 rings (SSSR count). The maximum atomic E-state index is 12.6. The lowest BCUT2D eigenvalue weighted by molar-refractivity contribution is -0.170. The fourth-order valence-corrected chi connectivity index (χ4v) is 2.82. The van der Waals surface area contributed by atoms with Gasteiger partial charge in [0.15, 0.2) is 0 Å². The Kier molecular flexibility index (Phi) is 2.74. The van der Waals surface area contributed by atoms with Crippen molar-refractivity contribution >= 4 is 22.4 Å². The third kappa shape index (κ3) is 1.85. The number of nitrogens with zero attached hydrogens (tertiary/aromatic N) is 1. The number of benzene rings is 2. The van der Waals surface area contributed by atoms with Crippen LogP contribution in [0.5, 0.6) is 0 Å². The number of aryl methyl sites for hydroxylation is 2. The molecule has 0 aromatic heterocycles. The second-order valence-corrected chi connectivity index (χ2v) is 4.95. The molecule has 1 aliphatic rings. The molecule has 0 aliphatic heterocycles. The summed E-state index contributed by atoms with van der Waals surface area (Å²) in [4.78, 5) is 12.1. The second-order valence-electron chi connectivity index (χ2n) is 4.95. The largest absolute Gasteiger partial charge is 0.471 e. The van der Waals surface area contributed by atoms with E-state index in [1.165, 1.54) is 0 Å². The summed E-state index contributed by atoms with van der Waals surface area (Å²) in [7, 11) is 1.16. The van der Waals surface area contributed by atoms with Gasteiger partial charge in [-0.2, -0.15) is 13.2 Å². The fourth-order valence-electron chi connectivity index (χ4n) is 2.82. The van der Waals surface area contributed by atoms with Crippen LogP contribution < -0.4 is 4.90 Å². The van der Waals surface area contributed by atoms with Crippen LogP contribution in [0.2, 0.25) is 0 Å². The predicted molar refractivity (Wildman–Crippen MR) is 70.8 cm³/mol. The molecule has 1 amide bonds. The minimum Gasteiger partial charge on any atom is -0.307 e. The molecule has 20 heavy (non-hydrogen) atoms. The van der Waals surface area contributed by atoms with E-state index in [0.29, 0.717) is 16.0 Å². The number of anilines is 1. The number of amides is 1. The molecule has 0 heterocycles. The van der Waals surface area contributed by atoms with E-state index in [-0.39, 0.29) is 0 Å². The van der Waals surface area contributed by atoms with Gasteiger partial charge < -0.3 is 4.90 Å². The first-order valence-corrected chi connectivity index (χ1v) is 6.28. The lowest BCUT2D eigenvalue weighted by atomic mass is 10.0. The Labute approximate surface area is 113 Å². The Morgan fingerprint density at radius 3 is 2.40 bits per heavy atom. The number of hydrogen-bond donors (Lipinski definition) is 0. The van der Waals surface area contributed by atoms with Crippen LogP contribution in [-0.2, 0) is 17.6 Å². The highest BCUT2D eigenvalue weighted by atomic mass is 19.4. The van der Waals surface area contributed by atoms with E-state index >= 15 is 0 Å². The van der Waals surface area contributed by atoms with Gasteiger partial charge in [-0.05, 0) is 35.4 Å². The van der Waals surface area contributed by atoms with Crippen LogP contribution in [0.25, 0.3) is 10.8 Å². The van der Waals surface area contributed by atoms with Crippen molar-refractivity contribution in [2.24, 2.45) is 0 Å². The Bertz CT molecular complexity index is 696. The van der Waals surface area contributed by atoms with Crippen molar-refractivity contribution in [2.75, 3.05) is 11.9 Å². The fraction of sp³-hybridized carbons (Fsp3) is 0.267. The Morgan fingerprint density at radius 2 is 1.75 bits per heavy atom. The molecule has 5 heteroatoms. The SMILES string of the molecule is CN(C(=O)C(F)(F)F)c1ccc2c3c(cccc13)CC2. The summed E-state index contributed by atoms with van der Waals surface area (Å²) in [6.45, 7) is 0. The maximum absolute atomic E-state index is 12.6. The number of carbonyl (C=O) groups excluding carboxylic acids is 1. The molecule has 0 radical (unpaired) electrons. The normalized spacial score (nSPS) is 13.8. The molecule has 0 saturated carbocycles. The zero-order valence-corrected chi connectivity index (χ0v) is 10.8. The second kappa shape index (κ2) is 4.23. The first-order chi connectivity index (χ1) is 9.39. The smallest absolute Gasteiger partial charge is 0.307 e. The van der Waals surface area contributed by atoms with Crippen LogP contribution in [0, 0.1) is 0 Å². The van der Waals surface area contributed by atoms with Crippen LogP contribution in [0.15, 0.2) is 30.3 Å². The van der Waals surface area contributed by atoms with Gasteiger partial charge in [0.05, 0.1) is 5.69 Å². The summed E-state index contributed by atoms with van der Waals surface area (Å²) >= 11 is 0. The molecule has 0 unspecified atom stereocenters. The summed E-state index contributed by atoms with van der Waals surface area (Å²) in [5, 5.41) is 1.70. The van der Waals surface area contributed by atoms with E-state index < -0.39 is 12.1 Å². The number of alkyl halides is 3. The number of carbonyl (C=O) groups is 1. The molecular weight excluding hydrogens is 267 g/mol. The van der Waals surface area contributed by atoms with Crippen molar-refractivity contribution in [2.45, 2.75) is 19.0 Å². The van der Waals surface area contributed by atoms with Crippen LogP contribution in [0.4, 0.5) is 18.9 Å². The Hall–Kier alpha value is -2.04. The molecule has 0 atom stereocenters. The van der Waals surface area contributed by atoms with E-state index in [4.69, 9.17) is 0 Å². The highest BCUT2D eigenvalue weighted by Gasteiger charge is 2.42. The van der Waals surface area contributed by atoms with Crippen LogP contribution in [0.1, 0.15) is 11.1 Å². The zero-order chi connectivity index (χ0) is 14.5. The predicted octanol–water partition coefficient (Wildman–Crippen LogP) is 3.46. The van der Waals surface area contributed by atoms with E-state index in [9.17, 15) is 18.0 Å². The first-order valence-electron chi connectivity index (χ1n) is 6.28. The summed E-state index contributed by atoms with van der Waals surface area (Å²) in [5.74, 6) is -1.85. The molecule has 2 aromatic rings. The van der Waals surface area contributed by atoms with Crippen LogP contribution in [0.3, 0.4) is 0 Å². The van der Waals surface area contributed by atoms with Gasteiger partial charge in [0.1, 0.15) is 0 Å². The van der Waals surface area contributed by atoms with Crippen LogP contribution >= 0.6 is 0 Å². The van der Waals surface area contributed by atoms with Gasteiger partial charge in [0.25, 0.3) is 0 Å². The summed E-state index contributed by atoms with van der Waals surface area (Å²) in [6, 6.07) is 8.98. The van der Waals surface area contributed by atoms with E-state index in [1.54, 1.807) is 12.1 Å². The quantitative estimate of drug-likeness (QED) is 0.782. The average molecular weight is 279 g/mol. The molecule has 0 spiro atoms. The molecule has 0 N–H and O–H groups in total. The number of hydrogen-bond acceptors (Lipinski definition) is 1. The molecule has 104 valence electrons. The van der Waals surface area contributed by atoms with Gasteiger partial charge >= 0.3 is 12.1 Å². The molecule has 2 nitrogen and oxygen atoms in total. The monoisotopic (exact) mass is 279 g/mol. The summed E-state index contributed by atoms with van der Waals surface area (Å²) in [6.07, 6.45) is -3.07. The van der Waals surface area contributed by atoms with Gasteiger partial charge in [0, 0.05) is 12.4 Å². The van der Waals surface area contributed by atoms with Gasteiger partial charge in [-0.3, -0.25) is 4.79 Å². The first kappa shape index (κ1) is 13.0. The minimum atomic E-state index is -4.86. The standard InChI is InChI=1S/C15H12F3NO/c1-19(14(20)15(16,17)18)12-8-7-10-6-5-9-3-2-4-11(12)13(9)10/h2-4,7-8H,5-6H2,1H3. The Morgan fingerprint density at radius 1 is 1.10 bits per heavy atom. The molecule has 0 bridgehead atoms. The minimum absolute atomic E-state index is 0.301. The van der Waals surface area contributed by atoms with Crippen molar-refractivity contribution < 1.29 is 18.0 Å².